The van der Waals surface area contributed by atoms with Crippen LogP contribution in [0.1, 0.15) is 36.8 Å². The first kappa shape index (κ1) is 23.9. The van der Waals surface area contributed by atoms with E-state index in [4.69, 9.17) is 4.74 Å². The van der Waals surface area contributed by atoms with Gasteiger partial charge < -0.3 is 10.1 Å². The minimum Gasteiger partial charge on any atom is -0.381 e. The van der Waals surface area contributed by atoms with Gasteiger partial charge in [-0.2, -0.15) is 4.31 Å². The number of nitrogens with zero attached hydrogens (tertiary/aromatic N) is 1. The summed E-state index contributed by atoms with van der Waals surface area (Å²) >= 11 is 0. The van der Waals surface area contributed by atoms with Gasteiger partial charge in [0.15, 0.2) is 0 Å². The highest BCUT2D eigenvalue weighted by Gasteiger charge is 2.37. The number of sulfonamides is 1. The van der Waals surface area contributed by atoms with Gasteiger partial charge in [0.25, 0.3) is 0 Å². The maximum absolute atomic E-state index is 13.4. The number of hydrogen-bond donors (Lipinski definition) is 1. The average molecular weight is 475 g/mol. The predicted molar refractivity (Wildman–Crippen MR) is 124 cm³/mol. The van der Waals surface area contributed by atoms with Crippen molar-refractivity contribution in [3.63, 3.8) is 0 Å². The monoisotopic (exact) mass is 474 g/mol. The number of benzene rings is 2. The van der Waals surface area contributed by atoms with Gasteiger partial charge in [-0.05, 0) is 62.4 Å². The second-order valence-electron chi connectivity index (χ2n) is 9.11. The Morgan fingerprint density at radius 1 is 1.06 bits per heavy atom. The predicted octanol–water partition coefficient (Wildman–Crippen LogP) is 3.40. The zero-order chi connectivity index (χ0) is 23.5. The first-order chi connectivity index (χ1) is 15.8. The van der Waals surface area contributed by atoms with Gasteiger partial charge in [0.1, 0.15) is 5.82 Å². The van der Waals surface area contributed by atoms with Crippen molar-refractivity contribution in [3.8, 4) is 0 Å². The molecule has 0 saturated carbocycles. The summed E-state index contributed by atoms with van der Waals surface area (Å²) in [5, 5.41) is 3.11. The molecule has 4 rings (SSSR count). The van der Waals surface area contributed by atoms with Crippen LogP contribution in [0.4, 0.5) is 4.39 Å². The minimum atomic E-state index is -3.55. The molecule has 1 N–H and O–H groups in total. The summed E-state index contributed by atoms with van der Waals surface area (Å²) in [6, 6.07) is 13.3. The summed E-state index contributed by atoms with van der Waals surface area (Å²) in [6.07, 6.45) is 2.49. The Morgan fingerprint density at radius 2 is 1.67 bits per heavy atom. The molecule has 2 aromatic rings. The molecule has 1 amide bonds. The summed E-state index contributed by atoms with van der Waals surface area (Å²) in [5.74, 6) is -0.549. The van der Waals surface area contributed by atoms with Crippen LogP contribution in [0.3, 0.4) is 0 Å². The van der Waals surface area contributed by atoms with E-state index in [0.29, 0.717) is 45.7 Å². The highest BCUT2D eigenvalue weighted by Crippen LogP contribution is 2.35. The van der Waals surface area contributed by atoms with E-state index in [2.05, 4.69) is 5.32 Å². The normalized spacial score (nSPS) is 19.8. The molecular weight excluding hydrogens is 443 g/mol. The van der Waals surface area contributed by atoms with Crippen molar-refractivity contribution in [2.45, 2.75) is 42.9 Å². The number of carbonyl (C=O) groups is 1. The fraction of sp³-hybridized carbons (Fsp3) is 0.480. The second kappa shape index (κ2) is 9.91. The van der Waals surface area contributed by atoms with Gasteiger partial charge in [0.05, 0.1) is 4.90 Å². The topological polar surface area (TPSA) is 75.7 Å². The summed E-state index contributed by atoms with van der Waals surface area (Å²) in [7, 11) is -3.55. The van der Waals surface area contributed by atoms with Crippen LogP contribution in [0.25, 0.3) is 0 Å². The molecule has 8 heteroatoms. The van der Waals surface area contributed by atoms with Crippen molar-refractivity contribution >= 4 is 15.9 Å². The van der Waals surface area contributed by atoms with E-state index in [1.165, 1.54) is 16.4 Å². The Hall–Kier alpha value is -2.29. The van der Waals surface area contributed by atoms with E-state index >= 15 is 0 Å². The van der Waals surface area contributed by atoms with Gasteiger partial charge in [-0.25, -0.2) is 12.8 Å². The number of piperidine rings is 1. The summed E-state index contributed by atoms with van der Waals surface area (Å²) < 4.78 is 46.3. The lowest BCUT2D eigenvalue weighted by Crippen LogP contribution is -2.48. The van der Waals surface area contributed by atoms with Gasteiger partial charge >= 0.3 is 0 Å². The van der Waals surface area contributed by atoms with E-state index < -0.39 is 10.0 Å². The van der Waals surface area contributed by atoms with Gasteiger partial charge in [0.2, 0.25) is 15.9 Å². The van der Waals surface area contributed by atoms with Crippen molar-refractivity contribution in [1.29, 1.82) is 0 Å². The molecule has 0 atom stereocenters. The summed E-state index contributed by atoms with van der Waals surface area (Å²) in [4.78, 5) is 13.3. The van der Waals surface area contributed by atoms with Crippen LogP contribution in [0.15, 0.2) is 53.4 Å². The SMILES string of the molecule is Cc1ccc(S(=O)(=O)N2CCC(C(=O)NCC3(c4ccc(F)cc4)CCOCC3)CC2)cc1. The van der Waals surface area contributed by atoms with Crippen LogP contribution in [0, 0.1) is 18.7 Å². The van der Waals surface area contributed by atoms with Gasteiger partial charge in [-0.3, -0.25) is 4.79 Å². The molecule has 0 aliphatic carbocycles. The lowest BCUT2D eigenvalue weighted by Gasteiger charge is -2.38. The van der Waals surface area contributed by atoms with Crippen molar-refractivity contribution in [2.24, 2.45) is 5.92 Å². The third-order valence-corrected chi connectivity index (χ3v) is 8.90. The smallest absolute Gasteiger partial charge is 0.243 e. The lowest BCUT2D eigenvalue weighted by atomic mass is 9.74. The number of nitrogens with one attached hydrogen (secondary N) is 1. The van der Waals surface area contributed by atoms with E-state index in [1.54, 1.807) is 36.4 Å². The molecule has 2 aromatic carbocycles. The third kappa shape index (κ3) is 5.28. The van der Waals surface area contributed by atoms with Crippen molar-refractivity contribution in [1.82, 2.24) is 9.62 Å². The van der Waals surface area contributed by atoms with Crippen molar-refractivity contribution < 1.29 is 22.3 Å². The molecule has 2 aliphatic heterocycles. The number of aryl methyl sites for hydroxylation is 1. The molecule has 0 spiro atoms. The maximum atomic E-state index is 13.4. The lowest BCUT2D eigenvalue weighted by molar-refractivity contribution is -0.126. The molecule has 2 saturated heterocycles. The second-order valence-corrected chi connectivity index (χ2v) is 11.0. The van der Waals surface area contributed by atoms with Crippen LogP contribution in [0.2, 0.25) is 0 Å². The number of ether oxygens (including phenoxy) is 1. The van der Waals surface area contributed by atoms with Crippen LogP contribution in [-0.4, -0.2) is 51.5 Å². The average Bonchev–Trinajstić information content (AvgIpc) is 2.84. The molecular formula is C25H31FN2O4S. The van der Waals surface area contributed by atoms with Gasteiger partial charge in [0, 0.05) is 44.2 Å². The zero-order valence-corrected chi connectivity index (χ0v) is 19.7. The molecule has 2 aliphatic rings. The fourth-order valence-corrected chi connectivity index (χ4v) is 6.22. The number of amides is 1. The van der Waals surface area contributed by atoms with E-state index in [-0.39, 0.29) is 28.0 Å². The highest BCUT2D eigenvalue weighted by atomic mass is 32.2. The molecule has 2 fully saturated rings. The van der Waals surface area contributed by atoms with Crippen LogP contribution in [0.5, 0.6) is 0 Å². The number of halogens is 1. The molecule has 0 aromatic heterocycles. The Morgan fingerprint density at radius 3 is 2.27 bits per heavy atom. The Bertz CT molecular complexity index is 1060. The van der Waals surface area contributed by atoms with E-state index in [1.807, 2.05) is 6.92 Å². The highest BCUT2D eigenvalue weighted by molar-refractivity contribution is 7.89. The first-order valence-corrected chi connectivity index (χ1v) is 12.9. The quantitative estimate of drug-likeness (QED) is 0.696. The van der Waals surface area contributed by atoms with E-state index in [0.717, 1.165) is 24.0 Å². The van der Waals surface area contributed by atoms with Crippen molar-refractivity contribution in [2.75, 3.05) is 32.8 Å². The molecule has 33 heavy (non-hydrogen) atoms. The molecule has 0 radical (unpaired) electrons. The van der Waals surface area contributed by atoms with Crippen molar-refractivity contribution in [3.05, 3.63) is 65.5 Å². The summed E-state index contributed by atoms with van der Waals surface area (Å²) in [6.45, 7) is 4.23. The van der Waals surface area contributed by atoms with Crippen LogP contribution >= 0.6 is 0 Å². The number of rotatable bonds is 6. The van der Waals surface area contributed by atoms with Crippen LogP contribution in [-0.2, 0) is 25.0 Å². The largest absolute Gasteiger partial charge is 0.381 e. The molecule has 2 heterocycles. The molecule has 0 bridgehead atoms. The first-order valence-electron chi connectivity index (χ1n) is 11.5. The Labute approximate surface area is 195 Å². The maximum Gasteiger partial charge on any atom is 0.243 e. The minimum absolute atomic E-state index is 0.0460. The van der Waals surface area contributed by atoms with Crippen LogP contribution < -0.4 is 5.32 Å². The Balaban J connectivity index is 1.36. The molecule has 6 nitrogen and oxygen atoms in total. The molecule has 0 unspecified atom stereocenters. The number of carbonyl (C=O) groups excluding carboxylic acids is 1. The zero-order valence-electron chi connectivity index (χ0n) is 18.9. The summed E-state index contributed by atoms with van der Waals surface area (Å²) in [5.41, 5.74) is 1.73. The van der Waals surface area contributed by atoms with E-state index in [9.17, 15) is 17.6 Å². The van der Waals surface area contributed by atoms with Gasteiger partial charge in [-0.1, -0.05) is 29.8 Å². The fourth-order valence-electron chi connectivity index (χ4n) is 4.75. The van der Waals surface area contributed by atoms with Gasteiger partial charge in [-0.15, -0.1) is 0 Å². The number of hydrogen-bond acceptors (Lipinski definition) is 4. The third-order valence-electron chi connectivity index (χ3n) is 6.99. The molecule has 178 valence electrons. The standard InChI is InChI=1S/C25H31FN2O4S/c1-19-2-8-23(9-3-19)33(30,31)28-14-10-20(11-15-28)24(29)27-18-25(12-16-32-17-13-25)21-4-6-22(26)7-5-21/h2-9,20H,10-18H2,1H3,(H,27,29). The Kier molecular flexibility index (Phi) is 7.16.